The summed E-state index contributed by atoms with van der Waals surface area (Å²) in [5.74, 6) is -1.26. The molecule has 0 saturated carbocycles. The molecule has 0 bridgehead atoms. The van der Waals surface area contributed by atoms with E-state index in [9.17, 15) is 4.79 Å². The lowest BCUT2D eigenvalue weighted by Crippen LogP contribution is -2.47. The zero-order valence-corrected chi connectivity index (χ0v) is 7.32. The Labute approximate surface area is 79.9 Å². The number of ketones is 1. The molecule has 0 unspecified atom stereocenters. The molecular formula is C7H14O7. The molecule has 6 N–H and O–H groups in total. The van der Waals surface area contributed by atoms with Crippen LogP contribution in [0.25, 0.3) is 0 Å². The minimum absolute atomic E-state index is 0.852. The van der Waals surface area contributed by atoms with Gasteiger partial charge in [-0.1, -0.05) is 0 Å². The molecule has 84 valence electrons. The van der Waals surface area contributed by atoms with Gasteiger partial charge in [-0.25, -0.2) is 0 Å². The third kappa shape index (κ3) is 3.29. The van der Waals surface area contributed by atoms with E-state index in [1.165, 1.54) is 0 Å². The Kier molecular flexibility index (Phi) is 5.77. The number of Topliss-reactive ketones (excluding diaryl/α,β-unsaturated/α-hetero) is 1. The molecule has 0 aromatic heterocycles. The minimum Gasteiger partial charge on any atom is -0.394 e. The molecule has 7 heteroatoms. The summed E-state index contributed by atoms with van der Waals surface area (Å²) in [6.07, 6.45) is -7.42. The van der Waals surface area contributed by atoms with E-state index in [-0.39, 0.29) is 0 Å². The molecular weight excluding hydrogens is 196 g/mol. The largest absolute Gasteiger partial charge is 0.394 e. The summed E-state index contributed by atoms with van der Waals surface area (Å²) >= 11 is 0. The van der Waals surface area contributed by atoms with Gasteiger partial charge in [-0.15, -0.1) is 0 Å². The van der Waals surface area contributed by atoms with Gasteiger partial charge in [-0.2, -0.15) is 0 Å². The van der Waals surface area contributed by atoms with E-state index >= 15 is 0 Å². The Hall–Kier alpha value is -0.570. The van der Waals surface area contributed by atoms with Gasteiger partial charge in [0.15, 0.2) is 5.78 Å². The van der Waals surface area contributed by atoms with Crippen molar-refractivity contribution >= 4 is 5.78 Å². The third-order valence-electron chi connectivity index (χ3n) is 1.69. The third-order valence-corrected chi connectivity index (χ3v) is 1.69. The first-order chi connectivity index (χ1) is 6.45. The van der Waals surface area contributed by atoms with E-state index < -0.39 is 43.4 Å². The Bertz CT molecular complexity index is 165. The molecule has 0 saturated heterocycles. The average molecular weight is 210 g/mol. The zero-order chi connectivity index (χ0) is 11.3. The van der Waals surface area contributed by atoms with Gasteiger partial charge in [-0.3, -0.25) is 4.79 Å². The van der Waals surface area contributed by atoms with Crippen LogP contribution in [0.3, 0.4) is 0 Å². The van der Waals surface area contributed by atoms with Crippen molar-refractivity contribution in [1.82, 2.24) is 0 Å². The van der Waals surface area contributed by atoms with Crippen molar-refractivity contribution in [3.63, 3.8) is 0 Å². The Morgan fingerprint density at radius 2 is 1.14 bits per heavy atom. The second kappa shape index (κ2) is 6.02. The fraction of sp³-hybridized carbons (Fsp3) is 0.857. The van der Waals surface area contributed by atoms with Gasteiger partial charge >= 0.3 is 0 Å². The number of aliphatic hydroxyl groups excluding tert-OH is 6. The predicted octanol–water partition coefficient (Wildman–Crippen LogP) is -4.02. The first-order valence-corrected chi connectivity index (χ1v) is 3.93. The molecule has 0 aliphatic heterocycles. The topological polar surface area (TPSA) is 138 Å². The maximum Gasteiger partial charge on any atom is 0.195 e. The average Bonchev–Trinajstić information content (AvgIpc) is 2.23. The second-order valence-electron chi connectivity index (χ2n) is 2.79. The van der Waals surface area contributed by atoms with Gasteiger partial charge in [0, 0.05) is 0 Å². The second-order valence-corrected chi connectivity index (χ2v) is 2.79. The number of hydrogen-bond acceptors (Lipinski definition) is 7. The molecule has 0 aromatic carbocycles. The van der Waals surface area contributed by atoms with Gasteiger partial charge in [-0.05, 0) is 0 Å². The van der Waals surface area contributed by atoms with Crippen LogP contribution in [0.15, 0.2) is 0 Å². The quantitative estimate of drug-likeness (QED) is 0.262. The smallest absolute Gasteiger partial charge is 0.195 e. The van der Waals surface area contributed by atoms with E-state index in [0.717, 1.165) is 0 Å². The van der Waals surface area contributed by atoms with E-state index in [2.05, 4.69) is 0 Å². The summed E-state index contributed by atoms with van der Waals surface area (Å²) in [5, 5.41) is 52.4. The van der Waals surface area contributed by atoms with E-state index in [1.807, 2.05) is 0 Å². The number of aliphatic hydroxyl groups is 6. The predicted molar refractivity (Wildman–Crippen MR) is 43.2 cm³/mol. The molecule has 0 fully saturated rings. The summed E-state index contributed by atoms with van der Waals surface area (Å²) < 4.78 is 0. The molecule has 0 radical (unpaired) electrons. The first kappa shape index (κ1) is 13.4. The zero-order valence-electron chi connectivity index (χ0n) is 7.32. The van der Waals surface area contributed by atoms with Crippen molar-refractivity contribution in [1.29, 1.82) is 0 Å². The highest BCUT2D eigenvalue weighted by Crippen LogP contribution is 2.02. The van der Waals surface area contributed by atoms with Crippen molar-refractivity contribution in [2.45, 2.75) is 24.4 Å². The monoisotopic (exact) mass is 210 g/mol. The van der Waals surface area contributed by atoms with Crippen molar-refractivity contribution in [2.24, 2.45) is 0 Å². The molecule has 0 aliphatic carbocycles. The van der Waals surface area contributed by atoms with Crippen LogP contribution >= 0.6 is 0 Å². The Morgan fingerprint density at radius 1 is 0.857 bits per heavy atom. The van der Waals surface area contributed by atoms with Crippen LogP contribution in [0.5, 0.6) is 0 Å². The minimum atomic E-state index is -1.99. The van der Waals surface area contributed by atoms with Crippen LogP contribution in [0.1, 0.15) is 0 Å². The molecule has 14 heavy (non-hydrogen) atoms. The van der Waals surface area contributed by atoms with Gasteiger partial charge in [0.2, 0.25) is 0 Å². The summed E-state index contributed by atoms with van der Waals surface area (Å²) in [6, 6.07) is 0. The molecule has 0 spiro atoms. The summed E-state index contributed by atoms with van der Waals surface area (Å²) in [7, 11) is 0. The van der Waals surface area contributed by atoms with E-state index in [4.69, 9.17) is 30.6 Å². The molecule has 0 amide bonds. The molecule has 7 nitrogen and oxygen atoms in total. The lowest BCUT2D eigenvalue weighted by Gasteiger charge is -2.20. The van der Waals surface area contributed by atoms with Crippen molar-refractivity contribution in [3.8, 4) is 0 Å². The van der Waals surface area contributed by atoms with Crippen molar-refractivity contribution in [2.75, 3.05) is 13.2 Å². The Morgan fingerprint density at radius 3 is 1.36 bits per heavy atom. The van der Waals surface area contributed by atoms with Crippen LogP contribution < -0.4 is 0 Å². The highest BCUT2D eigenvalue weighted by Gasteiger charge is 2.32. The summed E-state index contributed by atoms with van der Waals surface area (Å²) in [5.41, 5.74) is 0. The standard InChI is InChI=1S/C7H14O7/c8-1-3(10)5(12)7(14)6(13)4(11)2-9/h3-6,8-13H,1-2H2/t3-,4-,5-,6+/m0/s1. The number of rotatable bonds is 6. The maximum absolute atomic E-state index is 11.0. The highest BCUT2D eigenvalue weighted by molar-refractivity contribution is 5.88. The van der Waals surface area contributed by atoms with Crippen LogP contribution in [0.2, 0.25) is 0 Å². The SMILES string of the molecule is O=C([C@@H](O)[C@@H](O)CO)[C@H](O)[C@@H](O)CO. The van der Waals surface area contributed by atoms with Crippen LogP contribution in [-0.2, 0) is 4.79 Å². The van der Waals surface area contributed by atoms with Crippen LogP contribution in [-0.4, -0.2) is 74.1 Å². The molecule has 0 rings (SSSR count). The van der Waals surface area contributed by atoms with Crippen LogP contribution in [0.4, 0.5) is 0 Å². The lowest BCUT2D eigenvalue weighted by atomic mass is 10.0. The van der Waals surface area contributed by atoms with E-state index in [1.54, 1.807) is 0 Å². The number of hydrogen-bond donors (Lipinski definition) is 6. The summed E-state index contributed by atoms with van der Waals surface area (Å²) in [4.78, 5) is 11.0. The Balaban J connectivity index is 4.31. The number of carbonyl (C=O) groups is 1. The molecule has 0 aliphatic rings. The maximum atomic E-state index is 11.0. The van der Waals surface area contributed by atoms with Crippen molar-refractivity contribution < 1.29 is 35.4 Å². The van der Waals surface area contributed by atoms with Gasteiger partial charge < -0.3 is 30.6 Å². The number of carbonyl (C=O) groups excluding carboxylic acids is 1. The molecule has 0 heterocycles. The van der Waals surface area contributed by atoms with Gasteiger partial charge in [0.25, 0.3) is 0 Å². The highest BCUT2D eigenvalue weighted by atomic mass is 16.4. The fourth-order valence-corrected chi connectivity index (χ4v) is 0.754. The first-order valence-electron chi connectivity index (χ1n) is 3.93. The van der Waals surface area contributed by atoms with Gasteiger partial charge in [0.1, 0.15) is 24.4 Å². The van der Waals surface area contributed by atoms with Crippen molar-refractivity contribution in [3.05, 3.63) is 0 Å². The molecule has 4 atom stereocenters. The van der Waals surface area contributed by atoms with Gasteiger partial charge in [0.05, 0.1) is 13.2 Å². The fourth-order valence-electron chi connectivity index (χ4n) is 0.754. The summed E-state index contributed by atoms with van der Waals surface area (Å²) in [6.45, 7) is -1.70. The van der Waals surface area contributed by atoms with Crippen LogP contribution in [0, 0.1) is 0 Å². The normalized spacial score (nSPS) is 19.9. The molecule has 0 aromatic rings. The van der Waals surface area contributed by atoms with E-state index in [0.29, 0.717) is 0 Å². The lowest BCUT2D eigenvalue weighted by molar-refractivity contribution is -0.150.